The van der Waals surface area contributed by atoms with Crippen LogP contribution >= 0.6 is 11.3 Å². The number of nitriles is 1. The van der Waals surface area contributed by atoms with Gasteiger partial charge in [0.15, 0.2) is 0 Å². The Labute approximate surface area is 105 Å². The first kappa shape index (κ1) is 11.8. The van der Waals surface area contributed by atoms with E-state index in [1.54, 1.807) is 0 Å². The van der Waals surface area contributed by atoms with E-state index < -0.39 is 0 Å². The van der Waals surface area contributed by atoms with E-state index >= 15 is 0 Å². The molecule has 0 aliphatic heterocycles. The number of rotatable bonds is 3. The van der Waals surface area contributed by atoms with Crippen LogP contribution in [0, 0.1) is 11.3 Å². The highest BCUT2D eigenvalue weighted by Gasteiger charge is 2.03. The molecule has 0 bridgehead atoms. The number of nitrogens with zero attached hydrogens (tertiary/aromatic N) is 1. The van der Waals surface area contributed by atoms with E-state index in [0.29, 0.717) is 0 Å². The lowest BCUT2D eigenvalue weighted by Gasteiger charge is -2.05. The van der Waals surface area contributed by atoms with E-state index in [4.69, 9.17) is 11.0 Å². The highest BCUT2D eigenvalue weighted by Crippen LogP contribution is 2.27. The molecular formula is C14H14N2S. The maximum atomic E-state index is 8.79. The van der Waals surface area contributed by atoms with Crippen molar-refractivity contribution in [2.45, 2.75) is 19.4 Å². The van der Waals surface area contributed by atoms with Gasteiger partial charge in [0.05, 0.1) is 0 Å². The van der Waals surface area contributed by atoms with E-state index in [9.17, 15) is 0 Å². The largest absolute Gasteiger partial charge is 0.328 e. The lowest BCUT2D eigenvalue weighted by atomic mass is 10.1. The lowest BCUT2D eigenvalue weighted by Crippen LogP contribution is -2.17. The van der Waals surface area contributed by atoms with Crippen molar-refractivity contribution in [3.8, 4) is 16.5 Å². The number of hydrogen-bond acceptors (Lipinski definition) is 3. The van der Waals surface area contributed by atoms with E-state index in [2.05, 4.69) is 30.3 Å². The molecule has 2 rings (SSSR count). The molecule has 2 nitrogen and oxygen atoms in total. The summed E-state index contributed by atoms with van der Waals surface area (Å²) >= 11 is 1.52. The van der Waals surface area contributed by atoms with Crippen LogP contribution in [0.3, 0.4) is 0 Å². The van der Waals surface area contributed by atoms with Gasteiger partial charge in [-0.1, -0.05) is 24.3 Å². The van der Waals surface area contributed by atoms with Gasteiger partial charge >= 0.3 is 0 Å². The first-order valence-corrected chi connectivity index (χ1v) is 6.35. The Morgan fingerprint density at radius 3 is 2.47 bits per heavy atom. The Morgan fingerprint density at radius 1 is 1.24 bits per heavy atom. The summed E-state index contributed by atoms with van der Waals surface area (Å²) in [6.07, 6.45) is 0.897. The minimum Gasteiger partial charge on any atom is -0.328 e. The minimum atomic E-state index is 0.188. The molecule has 86 valence electrons. The van der Waals surface area contributed by atoms with Crippen LogP contribution in [0.15, 0.2) is 36.4 Å². The van der Waals surface area contributed by atoms with E-state index in [0.717, 1.165) is 21.7 Å². The first-order valence-electron chi connectivity index (χ1n) is 5.54. The number of benzene rings is 1. The van der Waals surface area contributed by atoms with Crippen molar-refractivity contribution in [3.63, 3.8) is 0 Å². The van der Waals surface area contributed by atoms with Gasteiger partial charge in [0.25, 0.3) is 0 Å². The lowest BCUT2D eigenvalue weighted by molar-refractivity contribution is 0.738. The fourth-order valence-electron chi connectivity index (χ4n) is 1.73. The van der Waals surface area contributed by atoms with Gasteiger partial charge < -0.3 is 5.73 Å². The third-order valence-corrected chi connectivity index (χ3v) is 3.55. The van der Waals surface area contributed by atoms with Crippen LogP contribution in [0.25, 0.3) is 10.4 Å². The van der Waals surface area contributed by atoms with Crippen molar-refractivity contribution in [3.05, 3.63) is 46.8 Å². The zero-order valence-corrected chi connectivity index (χ0v) is 10.5. The fourth-order valence-corrected chi connectivity index (χ4v) is 2.54. The van der Waals surface area contributed by atoms with Crippen LogP contribution in [-0.4, -0.2) is 6.04 Å². The molecule has 0 radical (unpaired) electrons. The average Bonchev–Trinajstić information content (AvgIpc) is 2.78. The summed E-state index contributed by atoms with van der Waals surface area (Å²) in [4.78, 5) is 1.88. The van der Waals surface area contributed by atoms with Gasteiger partial charge in [-0.05, 0) is 36.6 Å². The highest BCUT2D eigenvalue weighted by atomic mass is 32.1. The van der Waals surface area contributed by atoms with Crippen molar-refractivity contribution in [1.29, 1.82) is 5.26 Å². The van der Waals surface area contributed by atoms with Crippen molar-refractivity contribution >= 4 is 11.3 Å². The topological polar surface area (TPSA) is 49.8 Å². The average molecular weight is 242 g/mol. The minimum absolute atomic E-state index is 0.188. The SMILES string of the molecule is CC(N)Cc1ccc(-c2ccc(C#N)s2)cc1. The second-order valence-corrected chi connectivity index (χ2v) is 5.24. The normalized spacial score (nSPS) is 12.1. The second kappa shape index (κ2) is 5.13. The first-order chi connectivity index (χ1) is 8.19. The van der Waals surface area contributed by atoms with Gasteiger partial charge in [0.2, 0.25) is 0 Å². The van der Waals surface area contributed by atoms with Crippen molar-refractivity contribution in [1.82, 2.24) is 0 Å². The van der Waals surface area contributed by atoms with Crippen molar-refractivity contribution in [2.75, 3.05) is 0 Å². The van der Waals surface area contributed by atoms with Gasteiger partial charge in [-0.3, -0.25) is 0 Å². The molecule has 0 aliphatic rings. The summed E-state index contributed by atoms with van der Waals surface area (Å²) in [5.41, 5.74) is 8.17. The van der Waals surface area contributed by atoms with Gasteiger partial charge in [-0.2, -0.15) is 5.26 Å². The molecule has 1 atom stereocenters. The maximum Gasteiger partial charge on any atom is 0.110 e. The van der Waals surface area contributed by atoms with Gasteiger partial charge in [-0.15, -0.1) is 11.3 Å². The van der Waals surface area contributed by atoms with Gasteiger partial charge in [-0.25, -0.2) is 0 Å². The molecule has 0 saturated heterocycles. The Hall–Kier alpha value is -1.63. The molecule has 2 aromatic rings. The molecular weight excluding hydrogens is 228 g/mol. The quantitative estimate of drug-likeness (QED) is 0.898. The zero-order chi connectivity index (χ0) is 12.3. The summed E-state index contributed by atoms with van der Waals surface area (Å²) in [7, 11) is 0. The molecule has 2 N–H and O–H groups in total. The molecule has 0 aliphatic carbocycles. The van der Waals surface area contributed by atoms with Crippen LogP contribution in [0.5, 0.6) is 0 Å². The Kier molecular flexibility index (Phi) is 3.58. The summed E-state index contributed by atoms with van der Waals surface area (Å²) in [6.45, 7) is 2.01. The fraction of sp³-hybridized carbons (Fsp3) is 0.214. The monoisotopic (exact) mass is 242 g/mol. The van der Waals surface area contributed by atoms with Crippen molar-refractivity contribution in [2.24, 2.45) is 5.73 Å². The molecule has 1 aromatic heterocycles. The highest BCUT2D eigenvalue weighted by molar-refractivity contribution is 7.16. The van der Waals surface area contributed by atoms with E-state index in [1.165, 1.54) is 16.9 Å². The third kappa shape index (κ3) is 2.94. The van der Waals surface area contributed by atoms with Crippen molar-refractivity contribution < 1.29 is 0 Å². The molecule has 0 saturated carbocycles. The molecule has 3 heteroatoms. The third-order valence-electron chi connectivity index (χ3n) is 2.51. The van der Waals surface area contributed by atoms with Crippen LogP contribution in [0.2, 0.25) is 0 Å². The number of thiophene rings is 1. The van der Waals surface area contributed by atoms with E-state index in [1.807, 2.05) is 19.1 Å². The molecule has 1 heterocycles. The molecule has 0 fully saturated rings. The number of nitrogens with two attached hydrogens (primary N) is 1. The molecule has 1 unspecified atom stereocenters. The summed E-state index contributed by atoms with van der Waals surface area (Å²) in [5, 5.41) is 8.79. The Balaban J connectivity index is 2.20. The molecule has 0 amide bonds. The smallest absolute Gasteiger partial charge is 0.110 e. The summed E-state index contributed by atoms with van der Waals surface area (Å²) < 4.78 is 0. The summed E-state index contributed by atoms with van der Waals surface area (Å²) in [5.74, 6) is 0. The molecule has 1 aromatic carbocycles. The molecule has 17 heavy (non-hydrogen) atoms. The Bertz CT molecular complexity index is 532. The van der Waals surface area contributed by atoms with Gasteiger partial charge in [0.1, 0.15) is 10.9 Å². The zero-order valence-electron chi connectivity index (χ0n) is 9.68. The van der Waals surface area contributed by atoms with Crippen LogP contribution in [0.4, 0.5) is 0 Å². The molecule has 0 spiro atoms. The van der Waals surface area contributed by atoms with Crippen LogP contribution in [-0.2, 0) is 6.42 Å². The van der Waals surface area contributed by atoms with Crippen LogP contribution in [0.1, 0.15) is 17.4 Å². The standard InChI is InChI=1S/C14H14N2S/c1-10(16)8-11-2-4-12(5-3-11)14-7-6-13(9-15)17-14/h2-7,10H,8,16H2,1H3. The predicted octanol–water partition coefficient (Wildman–Crippen LogP) is 3.18. The Morgan fingerprint density at radius 2 is 1.94 bits per heavy atom. The van der Waals surface area contributed by atoms with Gasteiger partial charge in [0, 0.05) is 10.9 Å². The number of hydrogen-bond donors (Lipinski definition) is 1. The maximum absolute atomic E-state index is 8.79. The van der Waals surface area contributed by atoms with Crippen LogP contribution < -0.4 is 5.73 Å². The summed E-state index contributed by atoms with van der Waals surface area (Å²) in [6, 6.07) is 14.6. The second-order valence-electron chi connectivity index (χ2n) is 4.15. The predicted molar refractivity (Wildman–Crippen MR) is 71.8 cm³/mol. The van der Waals surface area contributed by atoms with E-state index in [-0.39, 0.29) is 6.04 Å².